The smallest absolute Gasteiger partial charge is 0.307 e. The Bertz CT molecular complexity index is 692. The van der Waals surface area contributed by atoms with Crippen molar-refractivity contribution in [3.05, 3.63) is 57.8 Å². The molecule has 0 amide bonds. The van der Waals surface area contributed by atoms with Crippen LogP contribution in [-0.4, -0.2) is 9.91 Å². The maximum absolute atomic E-state index is 13.7. The molecule has 2 aromatic rings. The highest BCUT2D eigenvalue weighted by Crippen LogP contribution is 2.29. The molecule has 1 atom stereocenters. The van der Waals surface area contributed by atoms with Crippen LogP contribution in [-0.2, 0) is 0 Å². The lowest BCUT2D eigenvalue weighted by atomic mass is 10.1. The molecule has 0 aliphatic heterocycles. The Kier molecular flexibility index (Phi) is 4.08. The number of nitrogens with zero attached hydrogens (tertiary/aromatic N) is 2. The summed E-state index contributed by atoms with van der Waals surface area (Å²) in [6, 6.07) is 3.91. The zero-order valence-electron chi connectivity index (χ0n) is 10.9. The molecule has 21 heavy (non-hydrogen) atoms. The fourth-order valence-electron chi connectivity index (χ4n) is 1.61. The van der Waals surface area contributed by atoms with Crippen LogP contribution in [0.3, 0.4) is 0 Å². The highest BCUT2D eigenvalue weighted by atomic mass is 19.1. The average molecular weight is 295 g/mol. The fourth-order valence-corrected chi connectivity index (χ4v) is 1.61. The van der Waals surface area contributed by atoms with Crippen molar-refractivity contribution in [2.75, 3.05) is 0 Å². The largest absolute Gasteiger partial charge is 0.436 e. The predicted molar refractivity (Wildman–Crippen MR) is 69.9 cm³/mol. The van der Waals surface area contributed by atoms with E-state index in [2.05, 4.69) is 4.98 Å². The SMILES string of the molecule is CC(N)c1ccnc(Oc2cc(F)c([N+](=O)[O-])cc2F)c1. The lowest BCUT2D eigenvalue weighted by Gasteiger charge is -2.09. The van der Waals surface area contributed by atoms with Crippen LogP contribution in [0.5, 0.6) is 11.6 Å². The zero-order chi connectivity index (χ0) is 15.6. The van der Waals surface area contributed by atoms with Crippen molar-refractivity contribution in [2.24, 2.45) is 5.73 Å². The summed E-state index contributed by atoms with van der Waals surface area (Å²) in [6.45, 7) is 1.74. The van der Waals surface area contributed by atoms with Gasteiger partial charge in [0.1, 0.15) is 0 Å². The molecule has 1 unspecified atom stereocenters. The molecule has 6 nitrogen and oxygen atoms in total. The second kappa shape index (κ2) is 5.80. The maximum atomic E-state index is 13.7. The standard InChI is InChI=1S/C13H11F2N3O3/c1-7(16)8-2-3-17-13(4-8)21-12-6-9(14)11(18(19)20)5-10(12)15/h2-7H,16H2,1H3. The maximum Gasteiger partial charge on any atom is 0.307 e. The third-order valence-electron chi connectivity index (χ3n) is 2.70. The topological polar surface area (TPSA) is 91.3 Å². The van der Waals surface area contributed by atoms with E-state index in [0.29, 0.717) is 17.7 Å². The van der Waals surface area contributed by atoms with E-state index in [9.17, 15) is 18.9 Å². The molecule has 1 aromatic carbocycles. The van der Waals surface area contributed by atoms with Gasteiger partial charge < -0.3 is 10.5 Å². The van der Waals surface area contributed by atoms with Gasteiger partial charge in [-0.2, -0.15) is 4.39 Å². The van der Waals surface area contributed by atoms with Gasteiger partial charge >= 0.3 is 5.69 Å². The molecular formula is C13H11F2N3O3. The summed E-state index contributed by atoms with van der Waals surface area (Å²) in [5.41, 5.74) is 5.43. The van der Waals surface area contributed by atoms with Crippen LogP contribution in [0.15, 0.2) is 30.5 Å². The van der Waals surface area contributed by atoms with Crippen molar-refractivity contribution < 1.29 is 18.4 Å². The first-order chi connectivity index (χ1) is 9.88. The van der Waals surface area contributed by atoms with Gasteiger partial charge in [-0.25, -0.2) is 9.37 Å². The molecule has 0 radical (unpaired) electrons. The Morgan fingerprint density at radius 1 is 1.33 bits per heavy atom. The number of pyridine rings is 1. The third-order valence-corrected chi connectivity index (χ3v) is 2.70. The molecule has 1 heterocycles. The third kappa shape index (κ3) is 3.29. The number of halogens is 2. The fraction of sp³-hybridized carbons (Fsp3) is 0.154. The normalized spacial score (nSPS) is 12.0. The van der Waals surface area contributed by atoms with E-state index in [1.54, 1.807) is 13.0 Å². The molecule has 0 bridgehead atoms. The highest BCUT2D eigenvalue weighted by Gasteiger charge is 2.20. The number of rotatable bonds is 4. The van der Waals surface area contributed by atoms with Crippen LogP contribution >= 0.6 is 0 Å². The van der Waals surface area contributed by atoms with Crippen molar-refractivity contribution in [3.63, 3.8) is 0 Å². The van der Waals surface area contributed by atoms with Crippen molar-refractivity contribution in [2.45, 2.75) is 13.0 Å². The summed E-state index contributed by atoms with van der Waals surface area (Å²) in [5, 5.41) is 10.5. The van der Waals surface area contributed by atoms with Gasteiger partial charge in [0.2, 0.25) is 11.7 Å². The summed E-state index contributed by atoms with van der Waals surface area (Å²) in [4.78, 5) is 13.3. The Balaban J connectivity index is 2.34. The number of ether oxygens (including phenoxy) is 1. The number of nitrogens with two attached hydrogens (primary N) is 1. The van der Waals surface area contributed by atoms with E-state index in [4.69, 9.17) is 10.5 Å². The molecule has 2 rings (SSSR count). The van der Waals surface area contributed by atoms with Crippen molar-refractivity contribution in [1.82, 2.24) is 4.98 Å². The van der Waals surface area contributed by atoms with Crippen molar-refractivity contribution in [3.8, 4) is 11.6 Å². The van der Waals surface area contributed by atoms with Gasteiger partial charge in [0, 0.05) is 24.4 Å². The molecule has 1 aromatic heterocycles. The van der Waals surface area contributed by atoms with E-state index in [1.807, 2.05) is 0 Å². The number of hydrogen-bond acceptors (Lipinski definition) is 5. The van der Waals surface area contributed by atoms with E-state index in [-0.39, 0.29) is 11.9 Å². The average Bonchev–Trinajstić information content (AvgIpc) is 2.42. The summed E-state index contributed by atoms with van der Waals surface area (Å²) in [5.74, 6) is -2.74. The monoisotopic (exact) mass is 295 g/mol. The van der Waals surface area contributed by atoms with Crippen LogP contribution in [0, 0.1) is 21.7 Å². The Hall–Kier alpha value is -2.61. The molecule has 110 valence electrons. The molecule has 0 spiro atoms. The van der Waals surface area contributed by atoms with Crippen LogP contribution in [0.1, 0.15) is 18.5 Å². The number of nitro groups is 1. The molecule has 0 saturated carbocycles. The van der Waals surface area contributed by atoms with Gasteiger partial charge in [-0.15, -0.1) is 0 Å². The van der Waals surface area contributed by atoms with Crippen LogP contribution in [0.2, 0.25) is 0 Å². The van der Waals surface area contributed by atoms with E-state index in [0.717, 1.165) is 0 Å². The van der Waals surface area contributed by atoms with Gasteiger partial charge in [0.15, 0.2) is 11.6 Å². The zero-order valence-corrected chi connectivity index (χ0v) is 10.9. The van der Waals surface area contributed by atoms with Crippen LogP contribution < -0.4 is 10.5 Å². The highest BCUT2D eigenvalue weighted by molar-refractivity contribution is 5.41. The molecule has 0 fully saturated rings. The summed E-state index contributed by atoms with van der Waals surface area (Å²) >= 11 is 0. The molecular weight excluding hydrogens is 284 g/mol. The molecule has 0 aliphatic carbocycles. The van der Waals surface area contributed by atoms with Crippen LogP contribution in [0.25, 0.3) is 0 Å². The first-order valence-corrected chi connectivity index (χ1v) is 5.91. The molecule has 0 aliphatic rings. The summed E-state index contributed by atoms with van der Waals surface area (Å²) in [7, 11) is 0. The first-order valence-electron chi connectivity index (χ1n) is 5.91. The van der Waals surface area contributed by atoms with Crippen LogP contribution in [0.4, 0.5) is 14.5 Å². The number of aromatic nitrogens is 1. The van der Waals surface area contributed by atoms with Crippen molar-refractivity contribution >= 4 is 5.69 Å². The van der Waals surface area contributed by atoms with Gasteiger partial charge in [-0.1, -0.05) is 0 Å². The van der Waals surface area contributed by atoms with E-state index >= 15 is 0 Å². The lowest BCUT2D eigenvalue weighted by Crippen LogP contribution is -2.05. The van der Waals surface area contributed by atoms with Gasteiger partial charge in [-0.3, -0.25) is 10.1 Å². The molecule has 8 heteroatoms. The molecule has 2 N–H and O–H groups in total. The second-order valence-electron chi connectivity index (χ2n) is 4.31. The minimum Gasteiger partial charge on any atom is -0.436 e. The predicted octanol–water partition coefficient (Wildman–Crippen LogP) is 3.08. The quantitative estimate of drug-likeness (QED) is 0.691. The number of benzene rings is 1. The minimum absolute atomic E-state index is 0.0111. The Morgan fingerprint density at radius 3 is 2.67 bits per heavy atom. The minimum atomic E-state index is -1.19. The number of nitro benzene ring substituents is 1. The molecule has 0 saturated heterocycles. The Morgan fingerprint density at radius 2 is 2.05 bits per heavy atom. The Labute approximate surface area is 118 Å². The van der Waals surface area contributed by atoms with E-state index in [1.165, 1.54) is 12.3 Å². The van der Waals surface area contributed by atoms with Gasteiger partial charge in [0.25, 0.3) is 0 Å². The number of hydrogen-bond donors (Lipinski definition) is 1. The lowest BCUT2D eigenvalue weighted by molar-refractivity contribution is -0.387. The van der Waals surface area contributed by atoms with Gasteiger partial charge in [-0.05, 0) is 18.6 Å². The van der Waals surface area contributed by atoms with Gasteiger partial charge in [0.05, 0.1) is 11.0 Å². The first kappa shape index (κ1) is 14.8. The summed E-state index contributed by atoms with van der Waals surface area (Å²) < 4.78 is 32.3. The second-order valence-corrected chi connectivity index (χ2v) is 4.31. The van der Waals surface area contributed by atoms with Crippen molar-refractivity contribution in [1.29, 1.82) is 0 Å². The summed E-state index contributed by atoms with van der Waals surface area (Å²) in [6.07, 6.45) is 1.41. The van der Waals surface area contributed by atoms with E-state index < -0.39 is 28.0 Å².